The van der Waals surface area contributed by atoms with Crippen LogP contribution in [0, 0.1) is 0 Å². The Labute approximate surface area is 106 Å². The van der Waals surface area contributed by atoms with Crippen LogP contribution in [-0.2, 0) is 13.5 Å². The first kappa shape index (κ1) is 11.7. The van der Waals surface area contributed by atoms with Gasteiger partial charge in [-0.15, -0.1) is 0 Å². The number of fused-ring (bicyclic) bond motifs is 3. The topological polar surface area (TPSA) is 57.4 Å². The second-order valence-electron chi connectivity index (χ2n) is 4.93. The van der Waals surface area contributed by atoms with Gasteiger partial charge in [0.15, 0.2) is 0 Å². The molecule has 3 rings (SSSR count). The molecule has 96 valence electrons. The first-order valence-electron chi connectivity index (χ1n) is 6.30. The van der Waals surface area contributed by atoms with Crippen molar-refractivity contribution < 1.29 is 10.2 Å². The maximum absolute atomic E-state index is 9.54. The van der Waals surface area contributed by atoms with Crippen molar-refractivity contribution in [2.24, 2.45) is 7.05 Å². The van der Waals surface area contributed by atoms with E-state index in [2.05, 4.69) is 22.0 Å². The summed E-state index contributed by atoms with van der Waals surface area (Å²) in [5.74, 6) is 0. The first-order chi connectivity index (χ1) is 8.76. The molecule has 2 unspecified atom stereocenters. The summed E-state index contributed by atoms with van der Waals surface area (Å²) in [5.41, 5.74) is 3.58. The molecular formula is C14H18N2O2. The van der Waals surface area contributed by atoms with Gasteiger partial charge in [0, 0.05) is 29.7 Å². The van der Waals surface area contributed by atoms with Crippen LogP contribution in [0.5, 0.6) is 0 Å². The van der Waals surface area contributed by atoms with E-state index in [9.17, 15) is 10.2 Å². The maximum Gasteiger partial charge on any atom is 0.0715 e. The normalized spacial score (nSPS) is 23.3. The molecule has 0 spiro atoms. The van der Waals surface area contributed by atoms with Gasteiger partial charge in [-0.1, -0.05) is 18.2 Å². The number of nitrogens with zero attached hydrogens (tertiary/aromatic N) is 1. The van der Waals surface area contributed by atoms with Crippen molar-refractivity contribution >= 4 is 10.9 Å². The monoisotopic (exact) mass is 246 g/mol. The van der Waals surface area contributed by atoms with Crippen LogP contribution in [0.15, 0.2) is 24.3 Å². The van der Waals surface area contributed by atoms with Crippen molar-refractivity contribution in [2.75, 3.05) is 13.2 Å². The van der Waals surface area contributed by atoms with Crippen LogP contribution in [0.1, 0.15) is 17.3 Å². The van der Waals surface area contributed by atoms with Gasteiger partial charge < -0.3 is 20.1 Å². The standard InChI is InChI=1S/C14H18N2O2/c1-16-13-5-3-2-4-10(13)11-6-9(7-17)15-12(8-18)14(11)16/h2-5,9,12,15,17-18H,6-8H2,1H3. The van der Waals surface area contributed by atoms with Crippen LogP contribution in [0.2, 0.25) is 0 Å². The second kappa shape index (κ2) is 4.39. The fourth-order valence-corrected chi connectivity index (χ4v) is 3.08. The molecule has 2 atom stereocenters. The Kier molecular flexibility index (Phi) is 2.86. The Balaban J connectivity index is 2.24. The average molecular weight is 246 g/mol. The van der Waals surface area contributed by atoms with Crippen LogP contribution < -0.4 is 5.32 Å². The lowest BCUT2D eigenvalue weighted by atomic mass is 9.94. The van der Waals surface area contributed by atoms with Crippen molar-refractivity contribution in [3.05, 3.63) is 35.5 Å². The molecule has 4 heteroatoms. The van der Waals surface area contributed by atoms with Gasteiger partial charge in [-0.05, 0) is 18.1 Å². The quantitative estimate of drug-likeness (QED) is 0.732. The molecule has 0 amide bonds. The second-order valence-corrected chi connectivity index (χ2v) is 4.93. The number of aliphatic hydroxyl groups is 2. The van der Waals surface area contributed by atoms with E-state index >= 15 is 0 Å². The summed E-state index contributed by atoms with van der Waals surface area (Å²) in [6.07, 6.45) is 0.809. The molecule has 4 nitrogen and oxygen atoms in total. The number of aliphatic hydroxyl groups excluding tert-OH is 2. The third-order valence-electron chi connectivity index (χ3n) is 3.88. The molecule has 3 N–H and O–H groups in total. The highest BCUT2D eigenvalue weighted by atomic mass is 16.3. The highest BCUT2D eigenvalue weighted by molar-refractivity contribution is 5.86. The number of rotatable bonds is 2. The van der Waals surface area contributed by atoms with E-state index in [4.69, 9.17) is 0 Å². The number of benzene rings is 1. The van der Waals surface area contributed by atoms with Gasteiger partial charge in [0.1, 0.15) is 0 Å². The molecule has 0 bridgehead atoms. The zero-order valence-corrected chi connectivity index (χ0v) is 10.4. The third kappa shape index (κ3) is 1.57. The summed E-state index contributed by atoms with van der Waals surface area (Å²) >= 11 is 0. The van der Waals surface area contributed by atoms with Gasteiger partial charge in [-0.2, -0.15) is 0 Å². The SMILES string of the molecule is Cn1c2c(c3ccccc31)CC(CO)NC2CO. The van der Waals surface area contributed by atoms with Crippen molar-refractivity contribution in [1.29, 1.82) is 0 Å². The summed E-state index contributed by atoms with van der Waals surface area (Å²) in [6.45, 7) is 0.146. The summed E-state index contributed by atoms with van der Waals surface area (Å²) < 4.78 is 2.14. The Morgan fingerprint density at radius 2 is 2.06 bits per heavy atom. The molecule has 1 aromatic carbocycles. The first-order valence-corrected chi connectivity index (χ1v) is 6.30. The van der Waals surface area contributed by atoms with Crippen LogP contribution in [0.4, 0.5) is 0 Å². The predicted octanol–water partition coefficient (Wildman–Crippen LogP) is 0.718. The van der Waals surface area contributed by atoms with Gasteiger partial charge in [0.25, 0.3) is 0 Å². The largest absolute Gasteiger partial charge is 0.395 e. The molecule has 2 heterocycles. The smallest absolute Gasteiger partial charge is 0.0715 e. The molecule has 1 aliphatic heterocycles. The fraction of sp³-hybridized carbons (Fsp3) is 0.429. The van der Waals surface area contributed by atoms with Crippen LogP contribution in [0.25, 0.3) is 10.9 Å². The van der Waals surface area contributed by atoms with E-state index in [1.165, 1.54) is 16.5 Å². The highest BCUT2D eigenvalue weighted by Crippen LogP contribution is 2.33. The Morgan fingerprint density at radius 1 is 1.28 bits per heavy atom. The lowest BCUT2D eigenvalue weighted by Crippen LogP contribution is -2.43. The van der Waals surface area contributed by atoms with E-state index in [-0.39, 0.29) is 25.3 Å². The molecule has 0 radical (unpaired) electrons. The third-order valence-corrected chi connectivity index (χ3v) is 3.88. The Bertz CT molecular complexity index is 576. The fourth-order valence-electron chi connectivity index (χ4n) is 3.08. The van der Waals surface area contributed by atoms with Gasteiger partial charge in [-0.3, -0.25) is 0 Å². The number of para-hydroxylation sites is 1. The summed E-state index contributed by atoms with van der Waals surface area (Å²) in [7, 11) is 2.03. The van der Waals surface area contributed by atoms with Crippen molar-refractivity contribution in [2.45, 2.75) is 18.5 Å². The van der Waals surface area contributed by atoms with E-state index in [0.717, 1.165) is 12.1 Å². The molecule has 2 aromatic rings. The zero-order chi connectivity index (χ0) is 12.7. The average Bonchev–Trinajstić information content (AvgIpc) is 2.72. The minimum absolute atomic E-state index is 0.0282. The number of hydrogen-bond donors (Lipinski definition) is 3. The lowest BCUT2D eigenvalue weighted by molar-refractivity contribution is 0.181. The van der Waals surface area contributed by atoms with Crippen LogP contribution >= 0.6 is 0 Å². The van der Waals surface area contributed by atoms with E-state index in [0.29, 0.717) is 0 Å². The molecule has 1 aromatic heterocycles. The Morgan fingerprint density at radius 3 is 2.78 bits per heavy atom. The van der Waals surface area contributed by atoms with Crippen LogP contribution in [-0.4, -0.2) is 34.0 Å². The number of aromatic nitrogens is 1. The van der Waals surface area contributed by atoms with Gasteiger partial charge in [0.2, 0.25) is 0 Å². The summed E-state index contributed by atoms with van der Waals surface area (Å²) in [5, 5.41) is 23.4. The van der Waals surface area contributed by atoms with Crippen molar-refractivity contribution in [1.82, 2.24) is 9.88 Å². The maximum atomic E-state index is 9.54. The number of nitrogens with one attached hydrogen (secondary N) is 1. The van der Waals surface area contributed by atoms with Gasteiger partial charge in [0.05, 0.1) is 19.3 Å². The minimum Gasteiger partial charge on any atom is -0.395 e. The van der Waals surface area contributed by atoms with E-state index in [1.54, 1.807) is 0 Å². The number of aryl methyl sites for hydroxylation is 1. The zero-order valence-electron chi connectivity index (χ0n) is 10.4. The van der Waals surface area contributed by atoms with E-state index < -0.39 is 0 Å². The number of hydrogen-bond acceptors (Lipinski definition) is 3. The minimum atomic E-state index is -0.0942. The summed E-state index contributed by atoms with van der Waals surface area (Å²) in [6, 6.07) is 8.20. The Hall–Kier alpha value is -1.36. The molecular weight excluding hydrogens is 228 g/mol. The molecule has 0 saturated carbocycles. The van der Waals surface area contributed by atoms with Crippen molar-refractivity contribution in [3.8, 4) is 0 Å². The lowest BCUT2D eigenvalue weighted by Gasteiger charge is -2.30. The molecule has 0 saturated heterocycles. The molecule has 18 heavy (non-hydrogen) atoms. The van der Waals surface area contributed by atoms with Gasteiger partial charge >= 0.3 is 0 Å². The molecule has 1 aliphatic rings. The van der Waals surface area contributed by atoms with E-state index in [1.807, 2.05) is 19.2 Å². The summed E-state index contributed by atoms with van der Waals surface area (Å²) in [4.78, 5) is 0. The van der Waals surface area contributed by atoms with Gasteiger partial charge in [-0.25, -0.2) is 0 Å². The molecule has 0 fully saturated rings. The molecule has 0 aliphatic carbocycles. The van der Waals surface area contributed by atoms with Crippen molar-refractivity contribution in [3.63, 3.8) is 0 Å². The van der Waals surface area contributed by atoms with Crippen LogP contribution in [0.3, 0.4) is 0 Å². The predicted molar refractivity (Wildman–Crippen MR) is 70.5 cm³/mol. The highest BCUT2D eigenvalue weighted by Gasteiger charge is 2.30.